The van der Waals surface area contributed by atoms with Gasteiger partial charge in [0.25, 0.3) is 0 Å². The highest BCUT2D eigenvalue weighted by Gasteiger charge is 2.58. The molecule has 0 saturated heterocycles. The lowest BCUT2D eigenvalue weighted by atomic mass is 10.2. The van der Waals surface area contributed by atoms with E-state index in [0.29, 0.717) is 6.07 Å². The topological polar surface area (TPSA) is 70.5 Å². The van der Waals surface area contributed by atoms with E-state index in [2.05, 4.69) is 15.2 Å². The number of rotatable bonds is 0. The summed E-state index contributed by atoms with van der Waals surface area (Å²) in [6.07, 6.45) is 0. The van der Waals surface area contributed by atoms with Crippen LogP contribution in [0.2, 0.25) is 0 Å². The molecule has 1 aromatic rings. The van der Waals surface area contributed by atoms with Gasteiger partial charge in [0.15, 0.2) is 11.6 Å². The van der Waals surface area contributed by atoms with Gasteiger partial charge in [0.05, 0.1) is 0 Å². The second-order valence-electron chi connectivity index (χ2n) is 3.18. The lowest BCUT2D eigenvalue weighted by Crippen LogP contribution is -2.68. The average molecular weight is 238 g/mol. The molecule has 2 unspecified atom stereocenters. The Morgan fingerprint density at radius 3 is 2.19 bits per heavy atom. The molecule has 2 atom stereocenters. The van der Waals surface area contributed by atoms with Crippen LogP contribution in [0.1, 0.15) is 0 Å². The molecule has 1 heterocycles. The molecule has 0 aromatic heterocycles. The van der Waals surface area contributed by atoms with Crippen LogP contribution in [0.4, 0.5) is 17.6 Å². The fourth-order valence-corrected chi connectivity index (χ4v) is 1.14. The van der Waals surface area contributed by atoms with Crippen molar-refractivity contribution < 1.29 is 27.0 Å². The summed E-state index contributed by atoms with van der Waals surface area (Å²) in [6, 6.07) is 1.49. The van der Waals surface area contributed by atoms with Crippen molar-refractivity contribution in [3.05, 3.63) is 23.8 Å². The van der Waals surface area contributed by atoms with Crippen molar-refractivity contribution in [1.29, 1.82) is 0 Å². The summed E-state index contributed by atoms with van der Waals surface area (Å²) in [5.41, 5.74) is 9.41. The Kier molecular flexibility index (Phi) is 2.04. The third kappa shape index (κ3) is 1.38. The van der Waals surface area contributed by atoms with E-state index < -0.39 is 35.1 Å². The largest absolute Gasteiger partial charge is 0.435 e. The summed E-state index contributed by atoms with van der Waals surface area (Å²) >= 11 is 0. The second-order valence-corrected chi connectivity index (χ2v) is 3.18. The number of benzene rings is 1. The molecule has 1 aromatic carbocycles. The van der Waals surface area contributed by atoms with E-state index >= 15 is 0 Å². The van der Waals surface area contributed by atoms with E-state index in [0.717, 1.165) is 6.07 Å². The van der Waals surface area contributed by atoms with Crippen molar-refractivity contribution in [3.8, 4) is 11.5 Å². The quantitative estimate of drug-likeness (QED) is 0.520. The predicted molar refractivity (Wildman–Crippen MR) is 43.7 cm³/mol. The highest BCUT2D eigenvalue weighted by molar-refractivity contribution is 5.43. The van der Waals surface area contributed by atoms with Gasteiger partial charge in [-0.15, -0.1) is 0 Å². The maximum Gasteiger partial charge on any atom is 0.392 e. The zero-order valence-electron chi connectivity index (χ0n) is 7.64. The maximum atomic E-state index is 13.3. The first-order chi connectivity index (χ1) is 7.24. The molecule has 0 saturated carbocycles. The highest BCUT2D eigenvalue weighted by atomic mass is 19.2. The second kappa shape index (κ2) is 2.98. The van der Waals surface area contributed by atoms with Crippen LogP contribution in [0, 0.1) is 11.6 Å². The minimum absolute atomic E-state index is 0.581. The minimum Gasteiger partial charge on any atom is -0.435 e. The van der Waals surface area contributed by atoms with Crippen molar-refractivity contribution in [2.24, 2.45) is 11.5 Å². The SMILES string of the molecule is NC1(F)Oc2ccc(F)c(F)c2OC1(N)F. The Bertz CT molecular complexity index is 450. The van der Waals surface area contributed by atoms with Crippen LogP contribution in [0.25, 0.3) is 0 Å². The molecule has 2 rings (SSSR count). The van der Waals surface area contributed by atoms with Crippen LogP contribution in [-0.4, -0.2) is 12.0 Å². The van der Waals surface area contributed by atoms with Gasteiger partial charge in [-0.05, 0) is 12.1 Å². The summed E-state index contributed by atoms with van der Waals surface area (Å²) < 4.78 is 60.8. The Labute approximate surface area is 86.7 Å². The van der Waals surface area contributed by atoms with Crippen molar-refractivity contribution in [1.82, 2.24) is 0 Å². The van der Waals surface area contributed by atoms with Crippen LogP contribution >= 0.6 is 0 Å². The first kappa shape index (κ1) is 11.0. The van der Waals surface area contributed by atoms with Crippen molar-refractivity contribution in [3.63, 3.8) is 0 Å². The van der Waals surface area contributed by atoms with Crippen LogP contribution in [0.3, 0.4) is 0 Å². The smallest absolute Gasteiger partial charge is 0.392 e. The molecule has 0 amide bonds. The highest BCUT2D eigenvalue weighted by Crippen LogP contribution is 2.42. The Morgan fingerprint density at radius 1 is 1.00 bits per heavy atom. The van der Waals surface area contributed by atoms with Gasteiger partial charge in [-0.2, -0.15) is 13.2 Å². The molecule has 0 bridgehead atoms. The number of hydrogen-bond donors (Lipinski definition) is 2. The van der Waals surface area contributed by atoms with Gasteiger partial charge in [-0.1, -0.05) is 0 Å². The van der Waals surface area contributed by atoms with Crippen LogP contribution in [0.5, 0.6) is 11.5 Å². The minimum atomic E-state index is -3.62. The van der Waals surface area contributed by atoms with Gasteiger partial charge in [0.1, 0.15) is 0 Å². The van der Waals surface area contributed by atoms with Gasteiger partial charge in [-0.25, -0.2) is 4.39 Å². The number of fused-ring (bicyclic) bond motifs is 1. The molecular formula is C8H6F4N2O2. The Hall–Kier alpha value is -1.54. The van der Waals surface area contributed by atoms with Gasteiger partial charge in [0, 0.05) is 0 Å². The average Bonchev–Trinajstić information content (AvgIpc) is 2.15. The molecule has 8 heteroatoms. The van der Waals surface area contributed by atoms with Gasteiger partial charge >= 0.3 is 12.0 Å². The number of ether oxygens (including phenoxy) is 2. The molecule has 1 aliphatic heterocycles. The standard InChI is InChI=1S/C8H6F4N2O2/c9-3-1-2-4-6(5(3)10)16-8(12,14)7(11,13)15-4/h1-2H,13-14H2. The van der Waals surface area contributed by atoms with Gasteiger partial charge < -0.3 is 9.47 Å². The molecule has 4 nitrogen and oxygen atoms in total. The molecule has 0 fully saturated rings. The monoisotopic (exact) mass is 238 g/mol. The normalized spacial score (nSPS) is 32.6. The van der Waals surface area contributed by atoms with Crippen molar-refractivity contribution in [2.75, 3.05) is 0 Å². The number of nitrogens with two attached hydrogens (primary N) is 2. The first-order valence-corrected chi connectivity index (χ1v) is 4.06. The molecule has 0 spiro atoms. The summed E-state index contributed by atoms with van der Waals surface area (Å²) in [5, 5.41) is 0. The summed E-state index contributed by atoms with van der Waals surface area (Å²) in [5.74, 6) is -11.5. The maximum absolute atomic E-state index is 13.3. The molecule has 0 radical (unpaired) electrons. The van der Waals surface area contributed by atoms with Gasteiger partial charge in [-0.3, -0.25) is 11.5 Å². The Morgan fingerprint density at radius 2 is 1.56 bits per heavy atom. The predicted octanol–water partition coefficient (Wildman–Crippen LogP) is 0.900. The van der Waals surface area contributed by atoms with Crippen molar-refractivity contribution >= 4 is 0 Å². The van der Waals surface area contributed by atoms with E-state index in [1.807, 2.05) is 0 Å². The molecule has 16 heavy (non-hydrogen) atoms. The Balaban J connectivity index is 2.56. The fraction of sp³-hybridized carbons (Fsp3) is 0.250. The number of halogens is 4. The molecule has 4 N–H and O–H groups in total. The van der Waals surface area contributed by atoms with E-state index in [1.54, 1.807) is 0 Å². The molecule has 88 valence electrons. The van der Waals surface area contributed by atoms with Crippen LogP contribution in [0.15, 0.2) is 12.1 Å². The molecular weight excluding hydrogens is 232 g/mol. The van der Waals surface area contributed by atoms with Crippen LogP contribution < -0.4 is 20.9 Å². The zero-order valence-corrected chi connectivity index (χ0v) is 7.64. The third-order valence-electron chi connectivity index (χ3n) is 1.99. The van der Waals surface area contributed by atoms with E-state index in [-0.39, 0.29) is 0 Å². The van der Waals surface area contributed by atoms with E-state index in [9.17, 15) is 17.6 Å². The third-order valence-corrected chi connectivity index (χ3v) is 1.99. The fourth-order valence-electron chi connectivity index (χ4n) is 1.14. The van der Waals surface area contributed by atoms with Gasteiger partial charge in [0.2, 0.25) is 11.6 Å². The van der Waals surface area contributed by atoms with E-state index in [1.165, 1.54) is 0 Å². The lowest BCUT2D eigenvalue weighted by Gasteiger charge is -2.37. The number of alkyl halides is 2. The molecule has 1 aliphatic rings. The van der Waals surface area contributed by atoms with Crippen molar-refractivity contribution in [2.45, 2.75) is 12.0 Å². The van der Waals surface area contributed by atoms with E-state index in [4.69, 9.17) is 5.73 Å². The van der Waals surface area contributed by atoms with Crippen LogP contribution in [-0.2, 0) is 0 Å². The first-order valence-electron chi connectivity index (χ1n) is 4.06. The summed E-state index contributed by atoms with van der Waals surface area (Å²) in [4.78, 5) is 0. The lowest BCUT2D eigenvalue weighted by molar-refractivity contribution is -0.272. The summed E-state index contributed by atoms with van der Waals surface area (Å²) in [6.45, 7) is 0. The number of hydrogen-bond acceptors (Lipinski definition) is 4. The molecule has 0 aliphatic carbocycles. The summed E-state index contributed by atoms with van der Waals surface area (Å²) in [7, 11) is 0. The zero-order chi connectivity index (χ0) is 12.1.